The topological polar surface area (TPSA) is 34.9 Å². The summed E-state index contributed by atoms with van der Waals surface area (Å²) in [5.74, 6) is -4.09. The molecule has 3 nitrogen and oxygen atoms in total. The molecule has 0 aliphatic carbocycles. The Morgan fingerprint density at radius 2 is 1.89 bits per heavy atom. The molecule has 0 saturated carbocycles. The fourth-order valence-corrected chi connectivity index (χ4v) is 1.82. The van der Waals surface area contributed by atoms with Crippen molar-refractivity contribution in [2.45, 2.75) is 12.8 Å². The predicted octanol–water partition coefficient (Wildman–Crippen LogP) is 2.65. The highest BCUT2D eigenvalue weighted by atomic mass is 19.1. The Labute approximate surface area is 107 Å². The van der Waals surface area contributed by atoms with Crippen LogP contribution in [-0.2, 0) is 13.5 Å². The molecular formula is C13H11F3N2O. The van der Waals surface area contributed by atoms with Gasteiger partial charge in [0.15, 0.2) is 5.78 Å². The molecule has 0 aliphatic heterocycles. The molecule has 6 heteroatoms. The molecule has 0 N–H and O–H groups in total. The monoisotopic (exact) mass is 268 g/mol. The van der Waals surface area contributed by atoms with Gasteiger partial charge in [0, 0.05) is 37.5 Å². The summed E-state index contributed by atoms with van der Waals surface area (Å²) in [7, 11) is 1.71. The second kappa shape index (κ2) is 5.26. The summed E-state index contributed by atoms with van der Waals surface area (Å²) in [6.07, 6.45) is 1.81. The zero-order valence-corrected chi connectivity index (χ0v) is 10.2. The van der Waals surface area contributed by atoms with Gasteiger partial charge in [-0.1, -0.05) is 0 Å². The van der Waals surface area contributed by atoms with Crippen molar-refractivity contribution < 1.29 is 18.0 Å². The highest BCUT2D eigenvalue weighted by Crippen LogP contribution is 2.17. The lowest BCUT2D eigenvalue weighted by atomic mass is 10.0. The van der Waals surface area contributed by atoms with Gasteiger partial charge in [0.05, 0.1) is 5.56 Å². The first-order valence-corrected chi connectivity index (χ1v) is 5.63. The minimum absolute atomic E-state index is 0.0704. The van der Waals surface area contributed by atoms with E-state index in [1.54, 1.807) is 24.0 Å². The molecule has 19 heavy (non-hydrogen) atoms. The quantitative estimate of drug-likeness (QED) is 0.799. The lowest BCUT2D eigenvalue weighted by Crippen LogP contribution is -2.09. The summed E-state index contributed by atoms with van der Waals surface area (Å²) in [4.78, 5) is 11.8. The molecule has 2 aromatic rings. The number of hydrogen-bond donors (Lipinski definition) is 0. The van der Waals surface area contributed by atoms with E-state index in [1.165, 1.54) is 0 Å². The SMILES string of the molecule is Cn1nccc1CCC(=O)c1c(F)cc(F)cc1F. The van der Waals surface area contributed by atoms with Gasteiger partial charge in [0.2, 0.25) is 0 Å². The smallest absolute Gasteiger partial charge is 0.169 e. The van der Waals surface area contributed by atoms with Crippen LogP contribution in [0.15, 0.2) is 24.4 Å². The van der Waals surface area contributed by atoms with Gasteiger partial charge in [-0.15, -0.1) is 0 Å². The van der Waals surface area contributed by atoms with E-state index in [0.29, 0.717) is 18.6 Å². The number of carbonyl (C=O) groups excluding carboxylic acids is 1. The zero-order chi connectivity index (χ0) is 14.0. The summed E-state index contributed by atoms with van der Waals surface area (Å²) in [5, 5.41) is 3.92. The molecule has 0 bridgehead atoms. The second-order valence-corrected chi connectivity index (χ2v) is 4.11. The molecule has 0 saturated heterocycles. The number of nitrogens with zero attached hydrogens (tertiary/aromatic N) is 2. The van der Waals surface area contributed by atoms with E-state index in [-0.39, 0.29) is 6.42 Å². The van der Waals surface area contributed by atoms with Crippen LogP contribution in [0.2, 0.25) is 0 Å². The van der Waals surface area contributed by atoms with Crippen LogP contribution in [-0.4, -0.2) is 15.6 Å². The molecule has 1 aromatic heterocycles. The Bertz CT molecular complexity index is 599. The molecule has 0 radical (unpaired) electrons. The van der Waals surface area contributed by atoms with Crippen LogP contribution in [0, 0.1) is 17.5 Å². The van der Waals surface area contributed by atoms with E-state index >= 15 is 0 Å². The zero-order valence-electron chi connectivity index (χ0n) is 10.2. The largest absolute Gasteiger partial charge is 0.294 e. The fraction of sp³-hybridized carbons (Fsp3) is 0.231. The lowest BCUT2D eigenvalue weighted by molar-refractivity contribution is 0.0974. The Balaban J connectivity index is 2.15. The maximum Gasteiger partial charge on any atom is 0.169 e. The second-order valence-electron chi connectivity index (χ2n) is 4.11. The Hall–Kier alpha value is -2.11. The van der Waals surface area contributed by atoms with Gasteiger partial charge in [0.1, 0.15) is 17.5 Å². The summed E-state index contributed by atoms with van der Waals surface area (Å²) < 4.78 is 41.1. The van der Waals surface area contributed by atoms with Crippen LogP contribution in [0.25, 0.3) is 0 Å². The Kier molecular flexibility index (Phi) is 3.69. The number of Topliss-reactive ketones (excluding diaryl/α,β-unsaturated/α-hetero) is 1. The van der Waals surface area contributed by atoms with Crippen LogP contribution >= 0.6 is 0 Å². The Morgan fingerprint density at radius 3 is 2.42 bits per heavy atom. The number of carbonyl (C=O) groups is 1. The summed E-state index contributed by atoms with van der Waals surface area (Å²) in [6, 6.07) is 2.71. The molecular weight excluding hydrogens is 257 g/mol. The maximum absolute atomic E-state index is 13.4. The third-order valence-electron chi connectivity index (χ3n) is 2.82. The standard InChI is InChI=1S/C13H11F3N2O/c1-18-9(4-5-17-18)2-3-12(19)13-10(15)6-8(14)7-11(13)16/h4-7H,2-3H2,1H3. The van der Waals surface area contributed by atoms with Gasteiger partial charge < -0.3 is 0 Å². The third kappa shape index (κ3) is 2.83. The highest BCUT2D eigenvalue weighted by Gasteiger charge is 2.19. The number of aryl methyl sites for hydroxylation is 2. The first-order valence-electron chi connectivity index (χ1n) is 5.63. The number of ketones is 1. The molecule has 0 unspecified atom stereocenters. The molecule has 100 valence electrons. The predicted molar refractivity (Wildman–Crippen MR) is 62.2 cm³/mol. The van der Waals surface area contributed by atoms with E-state index in [4.69, 9.17) is 0 Å². The fourth-order valence-electron chi connectivity index (χ4n) is 1.82. The van der Waals surface area contributed by atoms with Gasteiger partial charge >= 0.3 is 0 Å². The average Bonchev–Trinajstić information content (AvgIpc) is 2.70. The molecule has 0 aliphatic rings. The van der Waals surface area contributed by atoms with Crippen molar-refractivity contribution in [3.05, 3.63) is 53.1 Å². The van der Waals surface area contributed by atoms with Crippen LogP contribution in [0.4, 0.5) is 13.2 Å². The normalized spacial score (nSPS) is 10.7. The van der Waals surface area contributed by atoms with Crippen molar-refractivity contribution in [3.8, 4) is 0 Å². The van der Waals surface area contributed by atoms with E-state index in [1.807, 2.05) is 0 Å². The lowest BCUT2D eigenvalue weighted by Gasteiger charge is -2.05. The van der Waals surface area contributed by atoms with Crippen molar-refractivity contribution >= 4 is 5.78 Å². The number of halogens is 3. The first kappa shape index (κ1) is 13.3. The van der Waals surface area contributed by atoms with Gasteiger partial charge in [-0.2, -0.15) is 5.10 Å². The minimum atomic E-state index is -1.17. The molecule has 1 aromatic carbocycles. The highest BCUT2D eigenvalue weighted by molar-refractivity contribution is 5.96. The van der Waals surface area contributed by atoms with E-state index in [0.717, 1.165) is 5.69 Å². The minimum Gasteiger partial charge on any atom is -0.294 e. The molecule has 0 fully saturated rings. The number of rotatable bonds is 4. The van der Waals surface area contributed by atoms with Crippen molar-refractivity contribution in [1.29, 1.82) is 0 Å². The maximum atomic E-state index is 13.4. The van der Waals surface area contributed by atoms with Crippen LogP contribution in [0.5, 0.6) is 0 Å². The molecule has 0 atom stereocenters. The number of aromatic nitrogens is 2. The van der Waals surface area contributed by atoms with Crippen molar-refractivity contribution in [3.63, 3.8) is 0 Å². The third-order valence-corrected chi connectivity index (χ3v) is 2.82. The van der Waals surface area contributed by atoms with Crippen molar-refractivity contribution in [2.75, 3.05) is 0 Å². The molecule has 0 spiro atoms. The van der Waals surface area contributed by atoms with Gasteiger partial charge in [0.25, 0.3) is 0 Å². The van der Waals surface area contributed by atoms with E-state index < -0.39 is 28.8 Å². The van der Waals surface area contributed by atoms with Gasteiger partial charge in [-0.25, -0.2) is 13.2 Å². The van der Waals surface area contributed by atoms with Crippen molar-refractivity contribution in [2.24, 2.45) is 7.05 Å². The number of benzene rings is 1. The summed E-state index contributed by atoms with van der Waals surface area (Å²) in [6.45, 7) is 0. The molecule has 2 rings (SSSR count). The van der Waals surface area contributed by atoms with Crippen LogP contribution < -0.4 is 0 Å². The Morgan fingerprint density at radius 1 is 1.26 bits per heavy atom. The van der Waals surface area contributed by atoms with Crippen LogP contribution in [0.3, 0.4) is 0 Å². The number of hydrogen-bond acceptors (Lipinski definition) is 2. The first-order chi connectivity index (χ1) is 8.99. The van der Waals surface area contributed by atoms with Crippen LogP contribution in [0.1, 0.15) is 22.5 Å². The van der Waals surface area contributed by atoms with E-state index in [9.17, 15) is 18.0 Å². The van der Waals surface area contributed by atoms with E-state index in [2.05, 4.69) is 5.10 Å². The molecule has 0 amide bonds. The summed E-state index contributed by atoms with van der Waals surface area (Å²) in [5.41, 5.74) is 0.0832. The average molecular weight is 268 g/mol. The molecule has 1 heterocycles. The van der Waals surface area contributed by atoms with Gasteiger partial charge in [-0.05, 0) is 12.5 Å². The summed E-state index contributed by atoms with van der Waals surface area (Å²) >= 11 is 0. The van der Waals surface area contributed by atoms with Gasteiger partial charge in [-0.3, -0.25) is 9.48 Å². The van der Waals surface area contributed by atoms with Crippen molar-refractivity contribution in [1.82, 2.24) is 9.78 Å².